The Morgan fingerprint density at radius 1 is 1.41 bits per heavy atom. The highest BCUT2D eigenvalue weighted by Crippen LogP contribution is 2.18. The molecule has 0 radical (unpaired) electrons. The quantitative estimate of drug-likeness (QED) is 0.774. The van der Waals surface area contributed by atoms with Crippen LogP contribution in [0.4, 0.5) is 4.79 Å². The Hall–Kier alpha value is -1.26. The van der Waals surface area contributed by atoms with Crippen molar-refractivity contribution in [3.63, 3.8) is 0 Å². The van der Waals surface area contributed by atoms with Gasteiger partial charge in [0.1, 0.15) is 5.60 Å². The molecule has 0 aliphatic heterocycles. The van der Waals surface area contributed by atoms with E-state index in [4.69, 9.17) is 4.74 Å². The van der Waals surface area contributed by atoms with Crippen LogP contribution in [-0.4, -0.2) is 30.8 Å². The van der Waals surface area contributed by atoms with E-state index in [9.17, 15) is 9.59 Å². The maximum Gasteiger partial charge on any atom is 0.407 e. The summed E-state index contributed by atoms with van der Waals surface area (Å²) in [6, 6.07) is 0.361. The van der Waals surface area contributed by atoms with Gasteiger partial charge in [0, 0.05) is 6.04 Å². The summed E-state index contributed by atoms with van der Waals surface area (Å²) in [5.41, 5.74) is -0.381. The van der Waals surface area contributed by atoms with Crippen LogP contribution in [-0.2, 0) is 14.3 Å². The van der Waals surface area contributed by atoms with Crippen molar-refractivity contribution in [1.29, 1.82) is 0 Å². The largest absolute Gasteiger partial charge is 0.468 e. The van der Waals surface area contributed by atoms with Gasteiger partial charge in [-0.3, -0.25) is 4.79 Å². The number of rotatable bonds is 3. The fourth-order valence-corrected chi connectivity index (χ4v) is 1.09. The SMILES string of the molecule is CC(C)(C)OC(=O)NC1CCC1.CCOC=O. The van der Waals surface area contributed by atoms with Crippen LogP contribution in [0.15, 0.2) is 0 Å². The van der Waals surface area contributed by atoms with Gasteiger partial charge in [0.15, 0.2) is 0 Å². The summed E-state index contributed by atoms with van der Waals surface area (Å²) in [7, 11) is 0. The van der Waals surface area contributed by atoms with E-state index in [1.165, 1.54) is 6.42 Å². The molecule has 0 aromatic rings. The summed E-state index contributed by atoms with van der Waals surface area (Å²) in [5, 5.41) is 2.81. The molecule has 0 bridgehead atoms. The first-order valence-electron chi connectivity index (χ1n) is 5.93. The molecular formula is C12H23NO4. The molecule has 0 spiro atoms. The van der Waals surface area contributed by atoms with Crippen molar-refractivity contribution < 1.29 is 19.1 Å². The topological polar surface area (TPSA) is 64.6 Å². The molecule has 0 atom stereocenters. The normalized spacial score (nSPS) is 14.8. The summed E-state index contributed by atoms with van der Waals surface area (Å²) in [4.78, 5) is 20.3. The van der Waals surface area contributed by atoms with E-state index in [0.29, 0.717) is 19.1 Å². The minimum Gasteiger partial charge on any atom is -0.468 e. The van der Waals surface area contributed by atoms with Crippen molar-refractivity contribution in [2.75, 3.05) is 6.61 Å². The molecule has 1 rings (SSSR count). The lowest BCUT2D eigenvalue weighted by Crippen LogP contribution is -2.42. The predicted molar refractivity (Wildman–Crippen MR) is 64.7 cm³/mol. The van der Waals surface area contributed by atoms with Crippen LogP contribution in [0.2, 0.25) is 0 Å². The monoisotopic (exact) mass is 245 g/mol. The van der Waals surface area contributed by atoms with Crippen molar-refractivity contribution in [2.45, 2.75) is 58.6 Å². The van der Waals surface area contributed by atoms with Gasteiger partial charge in [-0.2, -0.15) is 0 Å². The fraction of sp³-hybridized carbons (Fsp3) is 0.833. The van der Waals surface area contributed by atoms with Gasteiger partial charge in [-0.25, -0.2) is 4.79 Å². The van der Waals surface area contributed by atoms with E-state index in [0.717, 1.165) is 12.8 Å². The van der Waals surface area contributed by atoms with Crippen molar-refractivity contribution in [1.82, 2.24) is 5.32 Å². The van der Waals surface area contributed by atoms with Crippen LogP contribution >= 0.6 is 0 Å². The number of carbonyl (C=O) groups excluding carboxylic acids is 2. The van der Waals surface area contributed by atoms with E-state index < -0.39 is 0 Å². The molecule has 0 heterocycles. The van der Waals surface area contributed by atoms with Gasteiger partial charge in [-0.05, 0) is 47.0 Å². The summed E-state index contributed by atoms with van der Waals surface area (Å²) in [6.07, 6.45) is 3.13. The third kappa shape index (κ3) is 9.66. The van der Waals surface area contributed by atoms with Crippen LogP contribution < -0.4 is 5.32 Å². The minimum atomic E-state index is -0.381. The van der Waals surface area contributed by atoms with Gasteiger partial charge in [-0.15, -0.1) is 0 Å². The molecule has 1 saturated carbocycles. The summed E-state index contributed by atoms with van der Waals surface area (Å²) >= 11 is 0. The van der Waals surface area contributed by atoms with Gasteiger partial charge >= 0.3 is 6.09 Å². The number of carbonyl (C=O) groups is 2. The van der Waals surface area contributed by atoms with E-state index in [1.54, 1.807) is 6.92 Å². The van der Waals surface area contributed by atoms with E-state index in [2.05, 4.69) is 10.1 Å². The predicted octanol–water partition coefficient (Wildman–Crippen LogP) is 2.24. The molecule has 1 aliphatic carbocycles. The lowest BCUT2D eigenvalue weighted by molar-refractivity contribution is -0.128. The molecule has 5 nitrogen and oxygen atoms in total. The number of nitrogens with one attached hydrogen (secondary N) is 1. The molecule has 0 aromatic heterocycles. The summed E-state index contributed by atoms with van der Waals surface area (Å²) in [6.45, 7) is 8.27. The van der Waals surface area contributed by atoms with Crippen LogP contribution in [0.5, 0.6) is 0 Å². The fourth-order valence-electron chi connectivity index (χ4n) is 1.09. The van der Waals surface area contributed by atoms with Crippen molar-refractivity contribution in [3.8, 4) is 0 Å². The number of ether oxygens (including phenoxy) is 2. The van der Waals surface area contributed by atoms with Gasteiger partial charge in [-0.1, -0.05) is 0 Å². The molecule has 0 saturated heterocycles. The highest BCUT2D eigenvalue weighted by atomic mass is 16.6. The third-order valence-electron chi connectivity index (χ3n) is 2.06. The van der Waals surface area contributed by atoms with E-state index in [-0.39, 0.29) is 11.7 Å². The van der Waals surface area contributed by atoms with Crippen molar-refractivity contribution in [3.05, 3.63) is 0 Å². The Morgan fingerprint density at radius 3 is 2.24 bits per heavy atom. The molecule has 17 heavy (non-hydrogen) atoms. The van der Waals surface area contributed by atoms with E-state index >= 15 is 0 Å². The first-order chi connectivity index (χ1) is 7.89. The molecule has 1 N–H and O–H groups in total. The second kappa shape index (κ2) is 7.92. The highest BCUT2D eigenvalue weighted by Gasteiger charge is 2.22. The first-order valence-corrected chi connectivity index (χ1v) is 5.93. The smallest absolute Gasteiger partial charge is 0.407 e. The number of hydrogen-bond acceptors (Lipinski definition) is 4. The third-order valence-corrected chi connectivity index (χ3v) is 2.06. The number of hydrogen-bond donors (Lipinski definition) is 1. The molecular weight excluding hydrogens is 222 g/mol. The molecule has 0 aromatic carbocycles. The van der Waals surface area contributed by atoms with Gasteiger partial charge < -0.3 is 14.8 Å². The average Bonchev–Trinajstić information content (AvgIpc) is 2.11. The zero-order valence-electron chi connectivity index (χ0n) is 11.1. The summed E-state index contributed by atoms with van der Waals surface area (Å²) in [5.74, 6) is 0. The maximum absolute atomic E-state index is 11.1. The molecule has 0 unspecified atom stereocenters. The highest BCUT2D eigenvalue weighted by molar-refractivity contribution is 5.68. The lowest BCUT2D eigenvalue weighted by atomic mass is 9.93. The summed E-state index contributed by atoms with van der Waals surface area (Å²) < 4.78 is 9.25. The molecule has 5 heteroatoms. The Bertz CT molecular complexity index is 231. The lowest BCUT2D eigenvalue weighted by Gasteiger charge is -2.28. The Kier molecular flexibility index (Phi) is 7.34. The second-order valence-corrected chi connectivity index (χ2v) is 4.83. The van der Waals surface area contributed by atoms with E-state index in [1.807, 2.05) is 20.8 Å². The number of alkyl carbamates (subject to hydrolysis) is 1. The second-order valence-electron chi connectivity index (χ2n) is 4.83. The zero-order chi connectivity index (χ0) is 13.3. The van der Waals surface area contributed by atoms with Crippen LogP contribution in [0.1, 0.15) is 47.0 Å². The van der Waals surface area contributed by atoms with Gasteiger partial charge in [0.05, 0.1) is 6.61 Å². The first kappa shape index (κ1) is 15.7. The Balaban J connectivity index is 0.000000437. The minimum absolute atomic E-state index is 0.285. The molecule has 1 amide bonds. The van der Waals surface area contributed by atoms with Gasteiger partial charge in [0.2, 0.25) is 0 Å². The van der Waals surface area contributed by atoms with Crippen LogP contribution in [0, 0.1) is 0 Å². The molecule has 1 fully saturated rings. The zero-order valence-corrected chi connectivity index (χ0v) is 11.1. The Labute approximate surface area is 103 Å². The standard InChI is InChI=1S/C9H17NO2.C3H6O2/c1-9(2,3)12-8(11)10-7-5-4-6-7;1-2-5-3-4/h7H,4-6H2,1-3H3,(H,10,11);3H,2H2,1H3. The van der Waals surface area contributed by atoms with Crippen molar-refractivity contribution >= 4 is 12.6 Å². The molecule has 1 aliphatic rings. The number of amides is 1. The maximum atomic E-state index is 11.1. The van der Waals surface area contributed by atoms with Crippen molar-refractivity contribution in [2.24, 2.45) is 0 Å². The van der Waals surface area contributed by atoms with Crippen LogP contribution in [0.3, 0.4) is 0 Å². The average molecular weight is 245 g/mol. The Morgan fingerprint density at radius 2 is 2.00 bits per heavy atom. The molecule has 100 valence electrons. The van der Waals surface area contributed by atoms with Crippen LogP contribution in [0.25, 0.3) is 0 Å². The van der Waals surface area contributed by atoms with Gasteiger partial charge in [0.25, 0.3) is 6.47 Å².